The van der Waals surface area contributed by atoms with Crippen LogP contribution in [-0.4, -0.2) is 86.6 Å². The molecule has 36 heavy (non-hydrogen) atoms. The Kier molecular flexibility index (Phi) is 8.20. The van der Waals surface area contributed by atoms with Gasteiger partial charge in [0.1, 0.15) is 18.5 Å². The first-order valence-electron chi connectivity index (χ1n) is 12.4. The van der Waals surface area contributed by atoms with Gasteiger partial charge < -0.3 is 19.3 Å². The second-order valence-electron chi connectivity index (χ2n) is 8.80. The molecule has 1 amide bonds. The Labute approximate surface area is 211 Å². The van der Waals surface area contributed by atoms with Crippen LogP contribution in [0.25, 0.3) is 0 Å². The van der Waals surface area contributed by atoms with Crippen molar-refractivity contribution in [2.75, 3.05) is 57.9 Å². The van der Waals surface area contributed by atoms with Crippen LogP contribution in [0.3, 0.4) is 0 Å². The SMILES string of the molecule is CCN(CC)C(=O)C(c1ccccc1)N1CCN(c2ccc(C3=N[C@H](C(=O)OC)CO3)cc2F)CC1. The van der Waals surface area contributed by atoms with E-state index >= 15 is 4.39 Å². The number of rotatable bonds is 8. The van der Waals surface area contributed by atoms with Gasteiger partial charge in [-0.1, -0.05) is 30.3 Å². The summed E-state index contributed by atoms with van der Waals surface area (Å²) in [6.07, 6.45) is 0. The van der Waals surface area contributed by atoms with Crippen molar-refractivity contribution >= 4 is 23.5 Å². The van der Waals surface area contributed by atoms with E-state index in [-0.39, 0.29) is 30.3 Å². The molecule has 2 heterocycles. The van der Waals surface area contributed by atoms with E-state index in [1.165, 1.54) is 13.2 Å². The molecule has 2 aromatic carbocycles. The van der Waals surface area contributed by atoms with Gasteiger partial charge in [0.15, 0.2) is 6.04 Å². The van der Waals surface area contributed by atoms with Gasteiger partial charge in [-0.25, -0.2) is 14.2 Å². The highest BCUT2D eigenvalue weighted by Crippen LogP contribution is 2.28. The minimum absolute atomic E-state index is 0.0854. The fraction of sp³-hybridized carbons (Fsp3) is 0.444. The number of anilines is 1. The second kappa shape index (κ2) is 11.5. The topological polar surface area (TPSA) is 74.7 Å². The zero-order chi connectivity index (χ0) is 25.7. The van der Waals surface area contributed by atoms with Crippen LogP contribution in [0, 0.1) is 5.82 Å². The summed E-state index contributed by atoms with van der Waals surface area (Å²) in [4.78, 5) is 35.4. The Morgan fingerprint density at radius 1 is 1.11 bits per heavy atom. The number of carbonyl (C=O) groups excluding carboxylic acids is 2. The number of ether oxygens (including phenoxy) is 2. The number of benzene rings is 2. The lowest BCUT2D eigenvalue weighted by molar-refractivity contribution is -0.142. The van der Waals surface area contributed by atoms with Crippen molar-refractivity contribution in [3.63, 3.8) is 0 Å². The van der Waals surface area contributed by atoms with Crippen LogP contribution in [0.5, 0.6) is 0 Å². The van der Waals surface area contributed by atoms with E-state index in [1.807, 2.05) is 54.0 Å². The fourth-order valence-corrected chi connectivity index (χ4v) is 4.76. The minimum Gasteiger partial charge on any atom is -0.475 e. The van der Waals surface area contributed by atoms with Crippen molar-refractivity contribution < 1.29 is 23.5 Å². The molecule has 2 aromatic rings. The number of nitrogens with zero attached hydrogens (tertiary/aromatic N) is 4. The maximum absolute atomic E-state index is 15.1. The van der Waals surface area contributed by atoms with Crippen molar-refractivity contribution in [2.45, 2.75) is 25.9 Å². The third-order valence-electron chi connectivity index (χ3n) is 6.76. The summed E-state index contributed by atoms with van der Waals surface area (Å²) >= 11 is 0. The molecular formula is C27H33FN4O4. The molecule has 192 valence electrons. The quantitative estimate of drug-likeness (QED) is 0.524. The summed E-state index contributed by atoms with van der Waals surface area (Å²) in [7, 11) is 1.30. The number of aliphatic imine (C=N–C) groups is 1. The predicted octanol–water partition coefficient (Wildman–Crippen LogP) is 2.88. The van der Waals surface area contributed by atoms with Gasteiger partial charge in [0, 0.05) is 44.8 Å². The Balaban J connectivity index is 1.47. The monoisotopic (exact) mass is 496 g/mol. The van der Waals surface area contributed by atoms with E-state index in [1.54, 1.807) is 12.1 Å². The third kappa shape index (κ3) is 5.36. The largest absolute Gasteiger partial charge is 0.475 e. The summed E-state index contributed by atoms with van der Waals surface area (Å²) in [5.74, 6) is -0.528. The van der Waals surface area contributed by atoms with Crippen LogP contribution in [0.15, 0.2) is 53.5 Å². The van der Waals surface area contributed by atoms with E-state index in [0.29, 0.717) is 50.5 Å². The Bertz CT molecular complexity index is 1100. The van der Waals surface area contributed by atoms with Crippen molar-refractivity contribution in [1.82, 2.24) is 9.80 Å². The second-order valence-corrected chi connectivity index (χ2v) is 8.80. The fourth-order valence-electron chi connectivity index (χ4n) is 4.76. The summed E-state index contributed by atoms with van der Waals surface area (Å²) < 4.78 is 25.3. The van der Waals surface area contributed by atoms with Crippen LogP contribution in [0.4, 0.5) is 10.1 Å². The molecule has 4 rings (SSSR count). The molecule has 1 unspecified atom stereocenters. The number of esters is 1. The zero-order valence-corrected chi connectivity index (χ0v) is 21.0. The first kappa shape index (κ1) is 25.6. The summed E-state index contributed by atoms with van der Waals surface area (Å²) in [5.41, 5.74) is 1.95. The van der Waals surface area contributed by atoms with Crippen LogP contribution in [0.1, 0.15) is 31.0 Å². The van der Waals surface area contributed by atoms with Gasteiger partial charge in [-0.3, -0.25) is 9.69 Å². The van der Waals surface area contributed by atoms with E-state index in [0.717, 1.165) is 5.56 Å². The van der Waals surface area contributed by atoms with E-state index in [4.69, 9.17) is 9.47 Å². The summed E-state index contributed by atoms with van der Waals surface area (Å²) in [6.45, 7) is 7.82. The van der Waals surface area contributed by atoms with Gasteiger partial charge in [-0.05, 0) is 37.6 Å². The third-order valence-corrected chi connectivity index (χ3v) is 6.76. The lowest BCUT2D eigenvalue weighted by atomic mass is 10.0. The van der Waals surface area contributed by atoms with Crippen molar-refractivity contribution in [1.29, 1.82) is 0 Å². The molecule has 8 nitrogen and oxygen atoms in total. The molecular weight excluding hydrogens is 463 g/mol. The Morgan fingerprint density at radius 2 is 1.81 bits per heavy atom. The number of hydrogen-bond donors (Lipinski definition) is 0. The number of hydrogen-bond acceptors (Lipinski definition) is 7. The minimum atomic E-state index is -0.725. The zero-order valence-electron chi connectivity index (χ0n) is 21.0. The van der Waals surface area contributed by atoms with Crippen LogP contribution >= 0.6 is 0 Å². The van der Waals surface area contributed by atoms with Gasteiger partial charge in [0.25, 0.3) is 0 Å². The molecule has 2 aliphatic rings. The molecule has 9 heteroatoms. The summed E-state index contributed by atoms with van der Waals surface area (Å²) in [6, 6.07) is 13.6. The molecule has 2 atom stereocenters. The maximum atomic E-state index is 15.1. The van der Waals surface area contributed by atoms with Gasteiger partial charge in [-0.2, -0.15) is 0 Å². The first-order valence-corrected chi connectivity index (χ1v) is 12.4. The molecule has 0 spiro atoms. The average molecular weight is 497 g/mol. The molecule has 0 aliphatic carbocycles. The average Bonchev–Trinajstić information content (AvgIpc) is 3.41. The van der Waals surface area contributed by atoms with Crippen molar-refractivity contribution in [3.05, 3.63) is 65.5 Å². The van der Waals surface area contributed by atoms with E-state index in [9.17, 15) is 9.59 Å². The number of halogens is 1. The molecule has 0 N–H and O–H groups in total. The standard InChI is InChI=1S/C27H33FN4O4/c1-4-30(5-2)26(33)24(19-9-7-6-8-10-19)32-15-13-31(14-16-32)23-12-11-20(17-21(23)28)25-29-22(18-36-25)27(34)35-3/h6-12,17,22,24H,4-5,13-16,18H2,1-3H3/t22-,24?/m0/s1. The molecule has 1 fully saturated rings. The highest BCUT2D eigenvalue weighted by atomic mass is 19.1. The smallest absolute Gasteiger partial charge is 0.334 e. The van der Waals surface area contributed by atoms with Gasteiger partial charge in [-0.15, -0.1) is 0 Å². The molecule has 1 saturated heterocycles. The lowest BCUT2D eigenvalue weighted by Gasteiger charge is -2.41. The predicted molar refractivity (Wildman–Crippen MR) is 136 cm³/mol. The maximum Gasteiger partial charge on any atom is 0.334 e. The van der Waals surface area contributed by atoms with Crippen LogP contribution in [-0.2, 0) is 19.1 Å². The highest BCUT2D eigenvalue weighted by molar-refractivity contribution is 5.98. The number of carbonyl (C=O) groups is 2. The lowest BCUT2D eigenvalue weighted by Crippen LogP contribution is -2.52. The van der Waals surface area contributed by atoms with Gasteiger partial charge in [0.2, 0.25) is 11.8 Å². The van der Waals surface area contributed by atoms with Crippen LogP contribution in [0.2, 0.25) is 0 Å². The summed E-state index contributed by atoms with van der Waals surface area (Å²) in [5, 5.41) is 0. The number of methoxy groups -OCH3 is 1. The van der Waals surface area contributed by atoms with Crippen molar-refractivity contribution in [3.8, 4) is 0 Å². The van der Waals surface area contributed by atoms with Gasteiger partial charge in [0.05, 0.1) is 12.8 Å². The Morgan fingerprint density at radius 3 is 2.42 bits per heavy atom. The molecule has 2 aliphatic heterocycles. The van der Waals surface area contributed by atoms with E-state index in [2.05, 4.69) is 9.89 Å². The molecule has 0 bridgehead atoms. The highest BCUT2D eigenvalue weighted by Gasteiger charge is 2.33. The number of amides is 1. The molecule has 0 saturated carbocycles. The van der Waals surface area contributed by atoms with Gasteiger partial charge >= 0.3 is 5.97 Å². The number of likely N-dealkylation sites (N-methyl/N-ethyl adjacent to an activating group) is 1. The number of piperazine rings is 1. The molecule has 0 radical (unpaired) electrons. The first-order chi connectivity index (χ1) is 17.5. The molecule has 0 aromatic heterocycles. The van der Waals surface area contributed by atoms with Crippen molar-refractivity contribution in [2.24, 2.45) is 4.99 Å². The van der Waals surface area contributed by atoms with E-state index < -0.39 is 12.0 Å². The van der Waals surface area contributed by atoms with Crippen LogP contribution < -0.4 is 4.90 Å². The normalized spacial score (nSPS) is 18.8. The Hall–Kier alpha value is -3.46.